The van der Waals surface area contributed by atoms with Crippen LogP contribution in [0.2, 0.25) is 0 Å². The van der Waals surface area contributed by atoms with E-state index in [2.05, 4.69) is 14.8 Å². The first kappa shape index (κ1) is 15.9. The van der Waals surface area contributed by atoms with Crippen LogP contribution in [0, 0.1) is 5.92 Å². The van der Waals surface area contributed by atoms with Gasteiger partial charge in [-0.3, -0.25) is 0 Å². The molecule has 1 aliphatic rings. The summed E-state index contributed by atoms with van der Waals surface area (Å²) in [5, 5.41) is 3.13. The molecule has 0 amide bonds. The van der Waals surface area contributed by atoms with Gasteiger partial charge in [-0.1, -0.05) is 18.9 Å². The smallest absolute Gasteiger partial charge is 0.387 e. The third-order valence-electron chi connectivity index (χ3n) is 3.22. The van der Waals surface area contributed by atoms with E-state index in [1.54, 1.807) is 0 Å². The Balaban J connectivity index is 1.95. The molecule has 0 atom stereocenters. The summed E-state index contributed by atoms with van der Waals surface area (Å²) >= 11 is 0. The number of ether oxygens (including phenoxy) is 2. The largest absolute Gasteiger partial charge is 0.435 e. The molecule has 1 aromatic rings. The topological polar surface area (TPSA) is 30.5 Å². The summed E-state index contributed by atoms with van der Waals surface area (Å²) < 4.78 is 57.5. The first-order chi connectivity index (χ1) is 10.0. The first-order valence-electron chi connectivity index (χ1n) is 6.78. The highest BCUT2D eigenvalue weighted by Crippen LogP contribution is 2.32. The van der Waals surface area contributed by atoms with Gasteiger partial charge >= 0.3 is 13.2 Å². The van der Waals surface area contributed by atoms with Crippen molar-refractivity contribution in [2.75, 3.05) is 6.54 Å². The number of halogens is 4. The average molecular weight is 307 g/mol. The predicted molar refractivity (Wildman–Crippen MR) is 68.8 cm³/mol. The van der Waals surface area contributed by atoms with Crippen LogP contribution in [-0.2, 0) is 6.54 Å². The van der Waals surface area contributed by atoms with Crippen molar-refractivity contribution < 1.29 is 27.0 Å². The van der Waals surface area contributed by atoms with E-state index in [-0.39, 0.29) is 11.5 Å². The lowest BCUT2D eigenvalue weighted by Gasteiger charge is -2.13. The molecule has 0 bridgehead atoms. The van der Waals surface area contributed by atoms with E-state index in [0.717, 1.165) is 24.9 Å². The zero-order valence-corrected chi connectivity index (χ0v) is 11.3. The molecule has 2 rings (SSSR count). The summed E-state index contributed by atoms with van der Waals surface area (Å²) in [5.41, 5.74) is 0.479. The Labute approximate surface area is 120 Å². The van der Waals surface area contributed by atoms with Crippen LogP contribution in [0.1, 0.15) is 24.8 Å². The number of nitrogens with one attached hydrogen (secondary N) is 1. The van der Waals surface area contributed by atoms with Crippen molar-refractivity contribution >= 4 is 0 Å². The minimum Gasteiger partial charge on any atom is -0.435 e. The number of hydrogen-bond acceptors (Lipinski definition) is 3. The minimum absolute atomic E-state index is 0.151. The molecular formula is C14H17F4NO2. The SMILES string of the molecule is FC(F)Oc1ccc(CNCCC2CC2)c(OC(F)F)c1. The van der Waals surface area contributed by atoms with Gasteiger partial charge in [-0.2, -0.15) is 17.6 Å². The second-order valence-electron chi connectivity index (χ2n) is 4.94. The average Bonchev–Trinajstić information content (AvgIpc) is 3.19. The summed E-state index contributed by atoms with van der Waals surface area (Å²) in [5.74, 6) is 0.417. The van der Waals surface area contributed by atoms with Crippen molar-refractivity contribution in [3.8, 4) is 11.5 Å². The van der Waals surface area contributed by atoms with Crippen molar-refractivity contribution in [2.24, 2.45) is 5.92 Å². The van der Waals surface area contributed by atoms with Crippen molar-refractivity contribution in [2.45, 2.75) is 39.0 Å². The molecule has 1 N–H and O–H groups in total. The Hall–Kier alpha value is -1.50. The fourth-order valence-corrected chi connectivity index (χ4v) is 2.00. The molecule has 0 heterocycles. The van der Waals surface area contributed by atoms with Gasteiger partial charge in [-0.05, 0) is 24.9 Å². The maximum absolute atomic E-state index is 12.4. The Kier molecular flexibility index (Phi) is 5.67. The molecule has 21 heavy (non-hydrogen) atoms. The summed E-state index contributed by atoms with van der Waals surface area (Å²) in [6.07, 6.45) is 3.56. The highest BCUT2D eigenvalue weighted by atomic mass is 19.3. The van der Waals surface area contributed by atoms with Gasteiger partial charge in [0.15, 0.2) is 0 Å². The van der Waals surface area contributed by atoms with Crippen LogP contribution in [0.15, 0.2) is 18.2 Å². The van der Waals surface area contributed by atoms with E-state index in [1.165, 1.54) is 25.0 Å². The van der Waals surface area contributed by atoms with Crippen LogP contribution < -0.4 is 14.8 Å². The Morgan fingerprint density at radius 3 is 2.43 bits per heavy atom. The van der Waals surface area contributed by atoms with Gasteiger partial charge in [-0.25, -0.2) is 0 Å². The summed E-state index contributed by atoms with van der Waals surface area (Å²) in [6.45, 7) is -4.90. The zero-order valence-electron chi connectivity index (χ0n) is 11.3. The van der Waals surface area contributed by atoms with Crippen LogP contribution in [0.5, 0.6) is 11.5 Å². The van der Waals surface area contributed by atoms with E-state index < -0.39 is 13.2 Å². The second kappa shape index (κ2) is 7.49. The van der Waals surface area contributed by atoms with E-state index in [1.807, 2.05) is 0 Å². The van der Waals surface area contributed by atoms with Gasteiger partial charge in [0.25, 0.3) is 0 Å². The van der Waals surface area contributed by atoms with Crippen molar-refractivity contribution in [3.05, 3.63) is 23.8 Å². The van der Waals surface area contributed by atoms with Crippen LogP contribution in [-0.4, -0.2) is 19.8 Å². The highest BCUT2D eigenvalue weighted by Gasteiger charge is 2.20. The standard InChI is InChI=1S/C14H17F4NO2/c15-13(16)20-11-4-3-10(12(7-11)21-14(17)18)8-19-6-5-9-1-2-9/h3-4,7,9,13-14,19H,1-2,5-6,8H2. The number of hydrogen-bond donors (Lipinski definition) is 1. The third-order valence-corrected chi connectivity index (χ3v) is 3.22. The van der Waals surface area contributed by atoms with Gasteiger partial charge < -0.3 is 14.8 Å². The fraction of sp³-hybridized carbons (Fsp3) is 0.571. The minimum atomic E-state index is -3.02. The maximum Gasteiger partial charge on any atom is 0.387 e. The van der Waals surface area contributed by atoms with Crippen LogP contribution in [0.4, 0.5) is 17.6 Å². The lowest BCUT2D eigenvalue weighted by molar-refractivity contribution is -0.0546. The van der Waals surface area contributed by atoms with Gasteiger partial charge in [0.2, 0.25) is 0 Å². The maximum atomic E-state index is 12.4. The molecular weight excluding hydrogens is 290 g/mol. The Morgan fingerprint density at radius 2 is 1.81 bits per heavy atom. The molecule has 0 unspecified atom stereocenters. The third kappa shape index (κ3) is 5.79. The molecule has 7 heteroatoms. The molecule has 0 radical (unpaired) electrons. The second-order valence-corrected chi connectivity index (χ2v) is 4.94. The van der Waals surface area contributed by atoms with Gasteiger partial charge in [-0.15, -0.1) is 0 Å². The van der Waals surface area contributed by atoms with E-state index in [4.69, 9.17) is 0 Å². The molecule has 1 aliphatic carbocycles. The monoisotopic (exact) mass is 307 g/mol. The molecule has 0 spiro atoms. The van der Waals surface area contributed by atoms with E-state index in [0.29, 0.717) is 12.1 Å². The number of alkyl halides is 4. The van der Waals surface area contributed by atoms with Crippen molar-refractivity contribution in [1.82, 2.24) is 5.32 Å². The van der Waals surface area contributed by atoms with Crippen molar-refractivity contribution in [1.29, 1.82) is 0 Å². The summed E-state index contributed by atoms with van der Waals surface area (Å²) in [4.78, 5) is 0. The van der Waals surface area contributed by atoms with E-state index >= 15 is 0 Å². The van der Waals surface area contributed by atoms with E-state index in [9.17, 15) is 17.6 Å². The molecule has 0 aromatic heterocycles. The lowest BCUT2D eigenvalue weighted by Crippen LogP contribution is -2.16. The number of benzene rings is 1. The van der Waals surface area contributed by atoms with Gasteiger partial charge in [0.05, 0.1) is 0 Å². The summed E-state index contributed by atoms with van der Waals surface area (Å²) in [6, 6.07) is 3.80. The molecule has 0 saturated heterocycles. The molecule has 0 aliphatic heterocycles. The van der Waals surface area contributed by atoms with Gasteiger partial charge in [0.1, 0.15) is 11.5 Å². The van der Waals surface area contributed by atoms with Crippen LogP contribution >= 0.6 is 0 Å². The Morgan fingerprint density at radius 1 is 1.10 bits per heavy atom. The Bertz CT molecular complexity index is 453. The molecule has 3 nitrogen and oxygen atoms in total. The van der Waals surface area contributed by atoms with Crippen LogP contribution in [0.25, 0.3) is 0 Å². The fourth-order valence-electron chi connectivity index (χ4n) is 2.00. The number of rotatable bonds is 9. The summed E-state index contributed by atoms with van der Waals surface area (Å²) in [7, 11) is 0. The normalized spacial score (nSPS) is 14.8. The van der Waals surface area contributed by atoms with Crippen molar-refractivity contribution in [3.63, 3.8) is 0 Å². The molecule has 1 saturated carbocycles. The lowest BCUT2D eigenvalue weighted by atomic mass is 10.2. The molecule has 1 aromatic carbocycles. The quantitative estimate of drug-likeness (QED) is 0.556. The molecule has 1 fully saturated rings. The first-order valence-corrected chi connectivity index (χ1v) is 6.78. The van der Waals surface area contributed by atoms with Gasteiger partial charge in [0, 0.05) is 18.2 Å². The predicted octanol–water partition coefficient (Wildman–Crippen LogP) is 3.78. The molecule has 118 valence electrons. The highest BCUT2D eigenvalue weighted by molar-refractivity contribution is 5.40. The zero-order chi connectivity index (χ0) is 15.2. The van der Waals surface area contributed by atoms with Crippen LogP contribution in [0.3, 0.4) is 0 Å².